The standard InChI is InChI=1S/C22H22N4O2/c1-4-15-6-5-7-17(10-15)26-22-18-11-16(8-9-21(23)27)20(28-14(2)3)12-19(18)24-13-25-22/h1,5-7,10-14H,8-9H2,2-3H3,(H2,23,27)(H,24,25,26). The molecule has 0 bridgehead atoms. The first-order valence-electron chi connectivity index (χ1n) is 9.02. The van der Waals surface area contributed by atoms with Crippen LogP contribution in [0.4, 0.5) is 11.5 Å². The van der Waals surface area contributed by atoms with E-state index in [1.54, 1.807) is 0 Å². The first-order valence-corrected chi connectivity index (χ1v) is 9.02. The molecule has 2 aromatic carbocycles. The van der Waals surface area contributed by atoms with Gasteiger partial charge in [-0.3, -0.25) is 4.79 Å². The van der Waals surface area contributed by atoms with E-state index in [1.807, 2.05) is 50.2 Å². The van der Waals surface area contributed by atoms with Gasteiger partial charge in [-0.25, -0.2) is 9.97 Å². The van der Waals surface area contributed by atoms with Gasteiger partial charge in [0.25, 0.3) is 0 Å². The second-order valence-corrected chi connectivity index (χ2v) is 6.68. The number of hydrogen-bond acceptors (Lipinski definition) is 5. The molecule has 0 fully saturated rings. The van der Waals surface area contributed by atoms with Gasteiger partial charge in [-0.2, -0.15) is 0 Å². The molecule has 0 unspecified atom stereocenters. The quantitative estimate of drug-likeness (QED) is 0.617. The summed E-state index contributed by atoms with van der Waals surface area (Å²) in [5.41, 5.74) is 8.56. The molecule has 3 aromatic rings. The van der Waals surface area contributed by atoms with E-state index < -0.39 is 0 Å². The monoisotopic (exact) mass is 374 g/mol. The Bertz CT molecular complexity index is 1050. The van der Waals surface area contributed by atoms with E-state index in [0.717, 1.165) is 27.7 Å². The smallest absolute Gasteiger partial charge is 0.217 e. The molecule has 0 saturated carbocycles. The average molecular weight is 374 g/mol. The fourth-order valence-corrected chi connectivity index (χ4v) is 2.87. The third kappa shape index (κ3) is 4.57. The molecule has 28 heavy (non-hydrogen) atoms. The van der Waals surface area contributed by atoms with Gasteiger partial charge >= 0.3 is 0 Å². The Kier molecular flexibility index (Phi) is 5.75. The maximum Gasteiger partial charge on any atom is 0.217 e. The lowest BCUT2D eigenvalue weighted by Crippen LogP contribution is -2.13. The van der Waals surface area contributed by atoms with Gasteiger partial charge in [-0.15, -0.1) is 6.42 Å². The summed E-state index contributed by atoms with van der Waals surface area (Å²) in [7, 11) is 0. The van der Waals surface area contributed by atoms with Gasteiger partial charge < -0.3 is 15.8 Å². The van der Waals surface area contributed by atoms with Crippen LogP contribution in [0.15, 0.2) is 42.7 Å². The number of ether oxygens (including phenoxy) is 1. The van der Waals surface area contributed by atoms with Crippen LogP contribution >= 0.6 is 0 Å². The molecule has 6 nitrogen and oxygen atoms in total. The van der Waals surface area contributed by atoms with Crippen LogP contribution < -0.4 is 15.8 Å². The number of aryl methyl sites for hydroxylation is 1. The van der Waals surface area contributed by atoms with Crippen molar-refractivity contribution < 1.29 is 9.53 Å². The van der Waals surface area contributed by atoms with Gasteiger partial charge in [0.15, 0.2) is 0 Å². The number of nitrogens with two attached hydrogens (primary N) is 1. The Balaban J connectivity index is 2.04. The highest BCUT2D eigenvalue weighted by Crippen LogP contribution is 2.31. The molecule has 6 heteroatoms. The van der Waals surface area contributed by atoms with E-state index in [0.29, 0.717) is 18.0 Å². The van der Waals surface area contributed by atoms with Crippen LogP contribution in [0.2, 0.25) is 0 Å². The van der Waals surface area contributed by atoms with Crippen LogP contribution in [0, 0.1) is 12.3 Å². The summed E-state index contributed by atoms with van der Waals surface area (Å²) < 4.78 is 5.92. The van der Waals surface area contributed by atoms with Gasteiger partial charge in [0, 0.05) is 29.1 Å². The van der Waals surface area contributed by atoms with Crippen molar-refractivity contribution in [1.29, 1.82) is 0 Å². The highest BCUT2D eigenvalue weighted by molar-refractivity contribution is 5.92. The number of amides is 1. The van der Waals surface area contributed by atoms with Crippen LogP contribution in [0.1, 0.15) is 31.4 Å². The summed E-state index contributed by atoms with van der Waals surface area (Å²) in [5.74, 6) is 3.61. The summed E-state index contributed by atoms with van der Waals surface area (Å²) in [4.78, 5) is 20.0. The minimum absolute atomic E-state index is 0.00397. The lowest BCUT2D eigenvalue weighted by Gasteiger charge is -2.16. The number of fused-ring (bicyclic) bond motifs is 1. The number of primary amides is 1. The molecule has 0 atom stereocenters. The first kappa shape index (κ1) is 19.2. The highest BCUT2D eigenvalue weighted by atomic mass is 16.5. The predicted molar refractivity (Wildman–Crippen MR) is 110 cm³/mol. The largest absolute Gasteiger partial charge is 0.491 e. The lowest BCUT2D eigenvalue weighted by molar-refractivity contribution is -0.117. The van der Waals surface area contributed by atoms with Crippen molar-refractivity contribution in [2.45, 2.75) is 32.8 Å². The van der Waals surface area contributed by atoms with Crippen LogP contribution in [-0.2, 0) is 11.2 Å². The van der Waals surface area contributed by atoms with Crippen molar-refractivity contribution in [3.63, 3.8) is 0 Å². The normalized spacial score (nSPS) is 10.6. The van der Waals surface area contributed by atoms with Gasteiger partial charge in [0.05, 0.1) is 11.6 Å². The lowest BCUT2D eigenvalue weighted by atomic mass is 10.0. The number of aromatic nitrogens is 2. The Morgan fingerprint density at radius 2 is 2.11 bits per heavy atom. The fourth-order valence-electron chi connectivity index (χ4n) is 2.87. The van der Waals surface area contributed by atoms with Crippen molar-refractivity contribution >= 4 is 28.3 Å². The SMILES string of the molecule is C#Cc1cccc(Nc2ncnc3cc(OC(C)C)c(CCC(N)=O)cc23)c1. The summed E-state index contributed by atoms with van der Waals surface area (Å²) in [6, 6.07) is 11.4. The number of nitrogens with one attached hydrogen (secondary N) is 1. The number of nitrogens with zero attached hydrogens (tertiary/aromatic N) is 2. The van der Waals surface area contributed by atoms with E-state index in [1.165, 1.54) is 6.33 Å². The Labute approximate surface area is 164 Å². The molecule has 0 radical (unpaired) electrons. The number of anilines is 2. The van der Waals surface area contributed by atoms with Crippen LogP contribution in [0.3, 0.4) is 0 Å². The highest BCUT2D eigenvalue weighted by Gasteiger charge is 2.13. The number of terminal acetylenes is 1. The topological polar surface area (TPSA) is 90.1 Å². The van der Waals surface area contributed by atoms with Crippen molar-refractivity contribution in [2.75, 3.05) is 5.32 Å². The molecule has 0 aliphatic carbocycles. The van der Waals surface area contributed by atoms with E-state index in [4.69, 9.17) is 16.9 Å². The molecule has 1 amide bonds. The summed E-state index contributed by atoms with van der Waals surface area (Å²) in [6.07, 6.45) is 7.69. The Morgan fingerprint density at radius 1 is 1.29 bits per heavy atom. The van der Waals surface area contributed by atoms with Gasteiger partial charge in [-0.05, 0) is 50.1 Å². The van der Waals surface area contributed by atoms with Crippen LogP contribution in [-0.4, -0.2) is 22.0 Å². The molecule has 0 saturated heterocycles. The molecular formula is C22H22N4O2. The molecule has 1 heterocycles. The summed E-state index contributed by atoms with van der Waals surface area (Å²) in [5, 5.41) is 4.12. The Hall–Kier alpha value is -3.59. The molecule has 3 N–H and O–H groups in total. The molecule has 1 aromatic heterocycles. The van der Waals surface area contributed by atoms with Gasteiger partial charge in [0.1, 0.15) is 17.9 Å². The van der Waals surface area contributed by atoms with Gasteiger partial charge in [-0.1, -0.05) is 12.0 Å². The number of hydrogen-bond donors (Lipinski definition) is 2. The van der Waals surface area contributed by atoms with Crippen LogP contribution in [0.25, 0.3) is 10.9 Å². The van der Waals surface area contributed by atoms with E-state index >= 15 is 0 Å². The fraction of sp³-hybridized carbons (Fsp3) is 0.227. The second kappa shape index (κ2) is 8.40. The predicted octanol–water partition coefficient (Wildman–Crippen LogP) is 3.56. The number of carbonyl (C=O) groups excluding carboxylic acids is 1. The number of benzene rings is 2. The molecule has 0 spiro atoms. The molecular weight excluding hydrogens is 352 g/mol. The number of rotatable bonds is 7. The van der Waals surface area contributed by atoms with Gasteiger partial charge in [0.2, 0.25) is 5.91 Å². The van der Waals surface area contributed by atoms with Crippen molar-refractivity contribution in [3.05, 3.63) is 53.9 Å². The maximum atomic E-state index is 11.3. The maximum absolute atomic E-state index is 11.3. The van der Waals surface area contributed by atoms with Crippen LogP contribution in [0.5, 0.6) is 5.75 Å². The minimum atomic E-state index is -0.357. The molecule has 142 valence electrons. The molecule has 0 aliphatic rings. The zero-order valence-electron chi connectivity index (χ0n) is 15.9. The summed E-state index contributed by atoms with van der Waals surface area (Å²) >= 11 is 0. The summed E-state index contributed by atoms with van der Waals surface area (Å²) in [6.45, 7) is 3.90. The second-order valence-electron chi connectivity index (χ2n) is 6.68. The van der Waals surface area contributed by atoms with Crippen molar-refractivity contribution in [2.24, 2.45) is 5.73 Å². The van der Waals surface area contributed by atoms with Crippen molar-refractivity contribution in [1.82, 2.24) is 9.97 Å². The minimum Gasteiger partial charge on any atom is -0.491 e. The van der Waals surface area contributed by atoms with E-state index in [-0.39, 0.29) is 18.4 Å². The van der Waals surface area contributed by atoms with E-state index in [2.05, 4.69) is 21.2 Å². The third-order valence-corrected chi connectivity index (χ3v) is 4.11. The zero-order valence-corrected chi connectivity index (χ0v) is 15.9. The first-order chi connectivity index (χ1) is 13.5. The number of carbonyl (C=O) groups is 1. The molecule has 0 aliphatic heterocycles. The molecule has 3 rings (SSSR count). The zero-order chi connectivity index (χ0) is 20.1. The van der Waals surface area contributed by atoms with E-state index in [9.17, 15) is 4.79 Å². The third-order valence-electron chi connectivity index (χ3n) is 4.11. The average Bonchev–Trinajstić information content (AvgIpc) is 2.66. The Morgan fingerprint density at radius 3 is 2.82 bits per heavy atom. The van der Waals surface area contributed by atoms with Crippen molar-refractivity contribution in [3.8, 4) is 18.1 Å².